The molecule has 9 heteroatoms. The van der Waals surface area contributed by atoms with Gasteiger partial charge in [0.15, 0.2) is 0 Å². The quantitative estimate of drug-likeness (QED) is 0.479. The largest absolute Gasteiger partial charge is 0.383 e. The Labute approximate surface area is 173 Å². The number of amides is 2. The van der Waals surface area contributed by atoms with Crippen LogP contribution in [-0.2, 0) is 27.6 Å². The molecule has 3 rings (SSSR count). The Balaban J connectivity index is 1.79. The molecule has 0 spiro atoms. The highest BCUT2D eigenvalue weighted by Crippen LogP contribution is 2.35. The van der Waals surface area contributed by atoms with Crippen molar-refractivity contribution < 1.29 is 14.3 Å². The summed E-state index contributed by atoms with van der Waals surface area (Å²) < 4.78 is 6.55. The maximum absolute atomic E-state index is 13.0. The molecule has 0 fully saturated rings. The number of ether oxygens (including phenoxy) is 1. The standard InChI is InChI=1S/C19H24N4O3S2/c1-3-28-16-7-5-4-6-13(16)19(25)21-18-14-11-27-12-15(14)22-23(18)10-17(24)20-8-9-26-2/h4-7H,3,8-12H2,1-2H3,(H,20,24)(H,21,25). The van der Waals surface area contributed by atoms with E-state index in [1.165, 1.54) is 0 Å². The van der Waals surface area contributed by atoms with Crippen molar-refractivity contribution in [1.29, 1.82) is 0 Å². The van der Waals surface area contributed by atoms with Crippen molar-refractivity contribution in [2.75, 3.05) is 31.3 Å². The second-order valence-electron chi connectivity index (χ2n) is 6.15. The average Bonchev–Trinajstić information content (AvgIpc) is 3.25. The van der Waals surface area contributed by atoms with Gasteiger partial charge in [-0.25, -0.2) is 4.68 Å². The number of benzene rings is 1. The van der Waals surface area contributed by atoms with Gasteiger partial charge in [0.25, 0.3) is 5.91 Å². The maximum Gasteiger partial charge on any atom is 0.257 e. The normalized spacial score (nSPS) is 12.6. The predicted molar refractivity (Wildman–Crippen MR) is 113 cm³/mol. The van der Waals surface area contributed by atoms with Gasteiger partial charge in [-0.2, -0.15) is 16.9 Å². The zero-order chi connectivity index (χ0) is 19.9. The third kappa shape index (κ3) is 4.89. The molecule has 1 aromatic carbocycles. The first-order chi connectivity index (χ1) is 13.6. The smallest absolute Gasteiger partial charge is 0.257 e. The zero-order valence-electron chi connectivity index (χ0n) is 16.0. The topological polar surface area (TPSA) is 85.2 Å². The van der Waals surface area contributed by atoms with Gasteiger partial charge in [-0.05, 0) is 17.9 Å². The van der Waals surface area contributed by atoms with Gasteiger partial charge in [0.1, 0.15) is 12.4 Å². The average molecular weight is 421 g/mol. The number of fused-ring (bicyclic) bond motifs is 1. The van der Waals surface area contributed by atoms with Crippen LogP contribution < -0.4 is 10.6 Å². The van der Waals surface area contributed by atoms with Gasteiger partial charge < -0.3 is 15.4 Å². The summed E-state index contributed by atoms with van der Waals surface area (Å²) in [5.74, 6) is 2.72. The first-order valence-electron chi connectivity index (χ1n) is 9.09. The molecule has 2 heterocycles. The zero-order valence-corrected chi connectivity index (χ0v) is 17.6. The summed E-state index contributed by atoms with van der Waals surface area (Å²) in [6.45, 7) is 3.01. The fourth-order valence-electron chi connectivity index (χ4n) is 2.92. The number of carbonyl (C=O) groups is 2. The molecule has 2 aromatic rings. The number of methoxy groups -OCH3 is 1. The molecular weight excluding hydrogens is 396 g/mol. The number of thioether (sulfide) groups is 2. The van der Waals surface area contributed by atoms with E-state index in [1.807, 2.05) is 24.3 Å². The van der Waals surface area contributed by atoms with Crippen LogP contribution in [0.15, 0.2) is 29.2 Å². The third-order valence-electron chi connectivity index (χ3n) is 4.20. The molecule has 0 unspecified atom stereocenters. The Kier molecular flexibility index (Phi) is 7.41. The molecule has 0 atom stereocenters. The summed E-state index contributed by atoms with van der Waals surface area (Å²) >= 11 is 3.39. The predicted octanol–water partition coefficient (Wildman–Crippen LogP) is 2.76. The van der Waals surface area contributed by atoms with E-state index < -0.39 is 0 Å². The summed E-state index contributed by atoms with van der Waals surface area (Å²) in [6.07, 6.45) is 0. The van der Waals surface area contributed by atoms with E-state index in [0.29, 0.717) is 24.5 Å². The van der Waals surface area contributed by atoms with Crippen LogP contribution in [0, 0.1) is 0 Å². The second-order valence-corrected chi connectivity index (χ2v) is 8.44. The lowest BCUT2D eigenvalue weighted by Gasteiger charge is -2.13. The fourth-order valence-corrected chi connectivity index (χ4v) is 4.75. The van der Waals surface area contributed by atoms with Crippen molar-refractivity contribution in [3.8, 4) is 0 Å². The van der Waals surface area contributed by atoms with Gasteiger partial charge in [0, 0.05) is 35.6 Å². The molecule has 1 aliphatic heterocycles. The number of hydrogen-bond donors (Lipinski definition) is 2. The van der Waals surface area contributed by atoms with Crippen molar-refractivity contribution in [3.05, 3.63) is 41.1 Å². The molecule has 28 heavy (non-hydrogen) atoms. The Morgan fingerprint density at radius 1 is 1.32 bits per heavy atom. The molecule has 0 radical (unpaired) electrons. The van der Waals surface area contributed by atoms with Crippen LogP contribution in [0.2, 0.25) is 0 Å². The molecule has 2 N–H and O–H groups in total. The number of carbonyl (C=O) groups excluding carboxylic acids is 2. The minimum absolute atomic E-state index is 0.0579. The number of aromatic nitrogens is 2. The highest BCUT2D eigenvalue weighted by Gasteiger charge is 2.25. The first kappa shape index (κ1) is 20.8. The van der Waals surface area contributed by atoms with Crippen molar-refractivity contribution in [3.63, 3.8) is 0 Å². The van der Waals surface area contributed by atoms with E-state index >= 15 is 0 Å². The van der Waals surface area contributed by atoms with E-state index in [9.17, 15) is 9.59 Å². The Morgan fingerprint density at radius 2 is 2.14 bits per heavy atom. The molecule has 7 nitrogen and oxygen atoms in total. The second kappa shape index (κ2) is 9.99. The van der Waals surface area contributed by atoms with Crippen molar-refractivity contribution in [1.82, 2.24) is 15.1 Å². The van der Waals surface area contributed by atoms with Crippen molar-refractivity contribution in [2.24, 2.45) is 0 Å². The lowest BCUT2D eigenvalue weighted by Crippen LogP contribution is -2.31. The molecule has 1 aliphatic rings. The Hall–Kier alpha value is -1.97. The Bertz CT molecular complexity index is 854. The molecule has 2 amide bonds. The monoisotopic (exact) mass is 420 g/mol. The summed E-state index contributed by atoms with van der Waals surface area (Å²) in [4.78, 5) is 26.1. The van der Waals surface area contributed by atoms with E-state index in [-0.39, 0.29) is 18.4 Å². The van der Waals surface area contributed by atoms with E-state index in [2.05, 4.69) is 22.7 Å². The van der Waals surface area contributed by atoms with E-state index in [0.717, 1.165) is 33.4 Å². The van der Waals surface area contributed by atoms with Gasteiger partial charge in [0.05, 0.1) is 17.9 Å². The molecule has 0 saturated carbocycles. The maximum atomic E-state index is 13.0. The third-order valence-corrected chi connectivity index (χ3v) is 6.13. The van der Waals surface area contributed by atoms with Crippen LogP contribution in [-0.4, -0.2) is 47.6 Å². The van der Waals surface area contributed by atoms with Gasteiger partial charge in [0.2, 0.25) is 5.91 Å². The van der Waals surface area contributed by atoms with Crippen LogP contribution in [0.1, 0.15) is 28.5 Å². The van der Waals surface area contributed by atoms with Crippen LogP contribution >= 0.6 is 23.5 Å². The summed E-state index contributed by atoms with van der Waals surface area (Å²) in [7, 11) is 1.59. The van der Waals surface area contributed by atoms with Crippen molar-refractivity contribution in [2.45, 2.75) is 29.9 Å². The van der Waals surface area contributed by atoms with E-state index in [1.54, 1.807) is 35.3 Å². The number of rotatable bonds is 9. The van der Waals surface area contributed by atoms with Crippen LogP contribution in [0.5, 0.6) is 0 Å². The van der Waals surface area contributed by atoms with Gasteiger partial charge in [-0.15, -0.1) is 11.8 Å². The molecule has 0 saturated heterocycles. The SMILES string of the molecule is CCSc1ccccc1C(=O)Nc1c2c(nn1CC(=O)NCCOC)CSC2. The molecule has 0 aliphatic carbocycles. The minimum atomic E-state index is -0.183. The molecular formula is C19H24N4O3S2. The van der Waals surface area contributed by atoms with Crippen molar-refractivity contribution >= 4 is 41.2 Å². The number of nitrogens with zero attached hydrogens (tertiary/aromatic N) is 2. The Morgan fingerprint density at radius 3 is 2.93 bits per heavy atom. The van der Waals surface area contributed by atoms with Gasteiger partial charge >= 0.3 is 0 Å². The lowest BCUT2D eigenvalue weighted by atomic mass is 10.2. The van der Waals surface area contributed by atoms with E-state index in [4.69, 9.17) is 4.74 Å². The molecule has 1 aromatic heterocycles. The van der Waals surface area contributed by atoms with Gasteiger partial charge in [-0.1, -0.05) is 19.1 Å². The van der Waals surface area contributed by atoms with Gasteiger partial charge in [-0.3, -0.25) is 9.59 Å². The summed E-state index contributed by atoms with van der Waals surface area (Å²) in [5.41, 5.74) is 2.57. The highest BCUT2D eigenvalue weighted by atomic mass is 32.2. The number of hydrogen-bond acceptors (Lipinski definition) is 6. The number of anilines is 1. The number of nitrogens with one attached hydrogen (secondary N) is 2. The fraction of sp³-hybridized carbons (Fsp3) is 0.421. The summed E-state index contributed by atoms with van der Waals surface area (Å²) in [6, 6.07) is 7.55. The molecule has 150 valence electrons. The van der Waals surface area contributed by atoms with Crippen LogP contribution in [0.4, 0.5) is 5.82 Å². The summed E-state index contributed by atoms with van der Waals surface area (Å²) in [5, 5.41) is 10.3. The highest BCUT2D eigenvalue weighted by molar-refractivity contribution is 7.99. The van der Waals surface area contributed by atoms with Crippen LogP contribution in [0.25, 0.3) is 0 Å². The molecule has 0 bridgehead atoms. The lowest BCUT2D eigenvalue weighted by molar-refractivity contribution is -0.122. The minimum Gasteiger partial charge on any atom is -0.383 e. The first-order valence-corrected chi connectivity index (χ1v) is 11.2. The van der Waals surface area contributed by atoms with Crippen LogP contribution in [0.3, 0.4) is 0 Å².